The summed E-state index contributed by atoms with van der Waals surface area (Å²) in [6.45, 7) is 4.29. The second-order valence-electron chi connectivity index (χ2n) is 6.16. The summed E-state index contributed by atoms with van der Waals surface area (Å²) in [4.78, 5) is 19.1. The van der Waals surface area contributed by atoms with Crippen molar-refractivity contribution in [3.8, 4) is 0 Å². The summed E-state index contributed by atoms with van der Waals surface area (Å²) in [5, 5.41) is 12.8. The summed E-state index contributed by atoms with van der Waals surface area (Å²) in [5.74, 6) is 0.187. The number of amides is 1. The fourth-order valence-electron chi connectivity index (χ4n) is 4.06. The highest BCUT2D eigenvalue weighted by Gasteiger charge is 2.56. The lowest BCUT2D eigenvalue weighted by molar-refractivity contribution is -0.132. The number of rotatable bonds is 4. The van der Waals surface area contributed by atoms with Gasteiger partial charge in [0, 0.05) is 22.9 Å². The quantitative estimate of drug-likeness (QED) is 0.925. The van der Waals surface area contributed by atoms with E-state index in [1.807, 2.05) is 12.3 Å². The van der Waals surface area contributed by atoms with E-state index < -0.39 is 0 Å². The molecule has 0 aromatic carbocycles. The maximum atomic E-state index is 12.6. The maximum Gasteiger partial charge on any atom is 0.229 e. The number of thiazole rings is 1. The number of aryl methyl sites for hydroxylation is 1. The predicted octanol–water partition coefficient (Wildman–Crippen LogP) is 2.15. The average Bonchev–Trinajstić information content (AvgIpc) is 3.11. The Hall–Kier alpha value is -0.940. The van der Waals surface area contributed by atoms with Crippen molar-refractivity contribution in [2.45, 2.75) is 58.0 Å². The minimum absolute atomic E-state index is 0.0590. The lowest BCUT2D eigenvalue weighted by atomic mass is 9.72. The van der Waals surface area contributed by atoms with E-state index in [9.17, 15) is 9.90 Å². The normalized spacial score (nSPS) is 32.0. The first kappa shape index (κ1) is 14.0. The zero-order valence-electron chi connectivity index (χ0n) is 12.1. The van der Waals surface area contributed by atoms with Crippen molar-refractivity contribution in [2.24, 2.45) is 5.41 Å². The van der Waals surface area contributed by atoms with E-state index in [0.29, 0.717) is 12.5 Å². The number of aromatic nitrogens is 1. The summed E-state index contributed by atoms with van der Waals surface area (Å²) in [7, 11) is 0. The molecule has 3 atom stereocenters. The monoisotopic (exact) mass is 294 g/mol. The Morgan fingerprint density at radius 3 is 2.95 bits per heavy atom. The molecule has 20 heavy (non-hydrogen) atoms. The number of carbonyl (C=O) groups is 1. The third-order valence-electron chi connectivity index (χ3n) is 5.16. The van der Waals surface area contributed by atoms with Crippen molar-refractivity contribution in [3.63, 3.8) is 0 Å². The summed E-state index contributed by atoms with van der Waals surface area (Å²) in [6, 6.07) is 0.564. The van der Waals surface area contributed by atoms with Gasteiger partial charge in [0.15, 0.2) is 0 Å². The Labute approximate surface area is 123 Å². The molecular formula is C15H22N2O2S. The van der Waals surface area contributed by atoms with Crippen LogP contribution in [0.1, 0.15) is 43.3 Å². The van der Waals surface area contributed by atoms with Gasteiger partial charge in [-0.15, -0.1) is 11.3 Å². The van der Waals surface area contributed by atoms with Crippen LogP contribution in [0, 0.1) is 12.3 Å². The van der Waals surface area contributed by atoms with E-state index in [-0.39, 0.29) is 24.0 Å². The molecular weight excluding hydrogens is 272 g/mol. The Bertz CT molecular complexity index is 510. The van der Waals surface area contributed by atoms with Gasteiger partial charge in [0.1, 0.15) is 0 Å². The van der Waals surface area contributed by atoms with E-state index in [1.54, 1.807) is 11.3 Å². The van der Waals surface area contributed by atoms with Gasteiger partial charge in [-0.1, -0.05) is 6.92 Å². The van der Waals surface area contributed by atoms with Crippen LogP contribution in [0.5, 0.6) is 0 Å². The fraction of sp³-hybridized carbons (Fsp3) is 0.733. The number of carbonyl (C=O) groups excluding carboxylic acids is 1. The number of hydrogen-bond donors (Lipinski definition) is 1. The van der Waals surface area contributed by atoms with Crippen molar-refractivity contribution in [1.82, 2.24) is 9.88 Å². The molecule has 1 amide bonds. The second-order valence-corrected chi connectivity index (χ2v) is 7.22. The van der Waals surface area contributed by atoms with Gasteiger partial charge in [0.05, 0.1) is 23.7 Å². The van der Waals surface area contributed by atoms with Crippen molar-refractivity contribution in [1.29, 1.82) is 0 Å². The number of hydrogen-bond acceptors (Lipinski definition) is 4. The number of aliphatic hydroxyl groups is 1. The molecule has 0 unspecified atom stereocenters. The molecule has 1 aromatic heterocycles. The standard InChI is InChI=1S/C15H22N2O2S/c1-3-15(9-18)7-12-4-5-13(15)17(12)14(19)6-11-8-20-10(2)16-11/h8,12-13,18H,3-7,9H2,1-2H3/t12-,13+,15-/m0/s1. The first-order chi connectivity index (χ1) is 9.59. The van der Waals surface area contributed by atoms with Crippen LogP contribution < -0.4 is 0 Å². The molecule has 0 spiro atoms. The number of aliphatic hydroxyl groups excluding tert-OH is 1. The predicted molar refractivity (Wildman–Crippen MR) is 78.6 cm³/mol. The highest BCUT2D eigenvalue weighted by molar-refractivity contribution is 7.09. The first-order valence-corrected chi connectivity index (χ1v) is 8.30. The SMILES string of the molecule is CC[C@@]1(CO)C[C@@H]2CC[C@H]1N2C(=O)Cc1csc(C)n1. The molecule has 2 aliphatic rings. The molecule has 5 heteroatoms. The number of fused-ring (bicyclic) bond motifs is 2. The summed E-state index contributed by atoms with van der Waals surface area (Å²) in [5.41, 5.74) is 0.825. The lowest BCUT2D eigenvalue weighted by Gasteiger charge is -2.34. The molecule has 110 valence electrons. The molecule has 1 N–H and O–H groups in total. The molecule has 0 saturated carbocycles. The van der Waals surface area contributed by atoms with Crippen LogP contribution >= 0.6 is 11.3 Å². The highest BCUT2D eigenvalue weighted by atomic mass is 32.1. The van der Waals surface area contributed by atoms with Crippen LogP contribution in [0.4, 0.5) is 0 Å². The van der Waals surface area contributed by atoms with Gasteiger partial charge >= 0.3 is 0 Å². The van der Waals surface area contributed by atoms with E-state index in [4.69, 9.17) is 0 Å². The molecule has 2 saturated heterocycles. The zero-order valence-corrected chi connectivity index (χ0v) is 12.9. The minimum Gasteiger partial charge on any atom is -0.396 e. The largest absolute Gasteiger partial charge is 0.396 e. The van der Waals surface area contributed by atoms with Crippen LogP contribution in [0.2, 0.25) is 0 Å². The zero-order chi connectivity index (χ0) is 14.3. The van der Waals surface area contributed by atoms with Crippen LogP contribution in [0.25, 0.3) is 0 Å². The smallest absolute Gasteiger partial charge is 0.229 e. The molecule has 0 radical (unpaired) electrons. The van der Waals surface area contributed by atoms with Crippen LogP contribution in [-0.2, 0) is 11.2 Å². The Balaban J connectivity index is 1.76. The molecule has 2 bridgehead atoms. The Morgan fingerprint density at radius 2 is 2.40 bits per heavy atom. The Kier molecular flexibility index (Phi) is 3.58. The topological polar surface area (TPSA) is 53.4 Å². The lowest BCUT2D eigenvalue weighted by Crippen LogP contribution is -2.42. The molecule has 2 aliphatic heterocycles. The molecule has 2 fully saturated rings. The summed E-state index contributed by atoms with van der Waals surface area (Å²) >= 11 is 1.59. The fourth-order valence-corrected chi connectivity index (χ4v) is 4.68. The van der Waals surface area contributed by atoms with Gasteiger partial charge in [-0.3, -0.25) is 4.79 Å². The third-order valence-corrected chi connectivity index (χ3v) is 5.98. The van der Waals surface area contributed by atoms with Crippen LogP contribution in [-0.4, -0.2) is 39.6 Å². The third kappa shape index (κ3) is 2.07. The van der Waals surface area contributed by atoms with Gasteiger partial charge in [0.2, 0.25) is 5.91 Å². The first-order valence-electron chi connectivity index (χ1n) is 7.42. The Morgan fingerprint density at radius 1 is 1.60 bits per heavy atom. The van der Waals surface area contributed by atoms with Crippen molar-refractivity contribution >= 4 is 17.2 Å². The van der Waals surface area contributed by atoms with E-state index in [2.05, 4.69) is 16.8 Å². The maximum absolute atomic E-state index is 12.6. The van der Waals surface area contributed by atoms with Gasteiger partial charge in [-0.25, -0.2) is 4.98 Å². The van der Waals surface area contributed by atoms with E-state index in [0.717, 1.165) is 36.4 Å². The molecule has 0 aliphatic carbocycles. The van der Waals surface area contributed by atoms with Crippen molar-refractivity contribution in [3.05, 3.63) is 16.1 Å². The van der Waals surface area contributed by atoms with Crippen LogP contribution in [0.15, 0.2) is 5.38 Å². The summed E-state index contributed by atoms with van der Waals surface area (Å²) < 4.78 is 0. The summed E-state index contributed by atoms with van der Waals surface area (Å²) in [6.07, 6.45) is 4.45. The molecule has 1 aromatic rings. The van der Waals surface area contributed by atoms with Crippen molar-refractivity contribution < 1.29 is 9.90 Å². The average molecular weight is 294 g/mol. The van der Waals surface area contributed by atoms with Gasteiger partial charge in [0.25, 0.3) is 0 Å². The van der Waals surface area contributed by atoms with Crippen LogP contribution in [0.3, 0.4) is 0 Å². The highest BCUT2D eigenvalue weighted by Crippen LogP contribution is 2.51. The van der Waals surface area contributed by atoms with Crippen molar-refractivity contribution in [2.75, 3.05) is 6.61 Å². The minimum atomic E-state index is -0.0590. The van der Waals surface area contributed by atoms with Gasteiger partial charge in [-0.2, -0.15) is 0 Å². The molecule has 3 heterocycles. The molecule has 4 nitrogen and oxygen atoms in total. The van der Waals surface area contributed by atoms with Gasteiger partial charge < -0.3 is 10.0 Å². The van der Waals surface area contributed by atoms with E-state index >= 15 is 0 Å². The number of nitrogens with zero attached hydrogens (tertiary/aromatic N) is 2. The van der Waals surface area contributed by atoms with Gasteiger partial charge in [-0.05, 0) is 32.6 Å². The molecule has 3 rings (SSSR count). The van der Waals surface area contributed by atoms with E-state index in [1.165, 1.54) is 0 Å². The second kappa shape index (κ2) is 5.11.